The minimum Gasteiger partial charge on any atom is -0.481 e. The molecule has 31 heavy (non-hydrogen) atoms. The van der Waals surface area contributed by atoms with E-state index in [-0.39, 0.29) is 29.6 Å². The molecular formula is C22H35NaO7S. The monoisotopic (exact) mass is 466 g/mol. The number of hydrogen-bond donors (Lipinski definition) is 3. The maximum absolute atomic E-state index is 10.2. The summed E-state index contributed by atoms with van der Waals surface area (Å²) in [6.07, 6.45) is 14.2. The van der Waals surface area contributed by atoms with E-state index in [1.54, 1.807) is 0 Å². The Morgan fingerprint density at radius 3 is 1.81 bits per heavy atom. The van der Waals surface area contributed by atoms with Crippen LogP contribution >= 0.6 is 0 Å². The summed E-state index contributed by atoms with van der Waals surface area (Å²) in [5.74, 6) is -3.50. The number of benzene rings is 1. The molecule has 0 aliphatic heterocycles. The smallest absolute Gasteiger partial charge is 0.481 e. The van der Waals surface area contributed by atoms with E-state index in [1.807, 2.05) is 12.1 Å². The molecule has 0 amide bonds. The summed E-state index contributed by atoms with van der Waals surface area (Å²) in [6.45, 7) is 2.28. The van der Waals surface area contributed by atoms with E-state index in [9.17, 15) is 18.0 Å². The number of aryl methyl sites for hydroxylation is 1. The topological polar surface area (TPSA) is 129 Å². The van der Waals surface area contributed by atoms with Gasteiger partial charge in [-0.3, -0.25) is 14.1 Å². The van der Waals surface area contributed by atoms with Gasteiger partial charge in [0.15, 0.2) is 5.25 Å². The molecule has 0 aliphatic rings. The quantitative estimate of drug-likeness (QED) is 0.155. The SMILES string of the molecule is CCCCCCCCCCCCc1[c-]cccc1.O=C(O)CC(C(=O)O)S(=O)(=O)O.[Na+]. The molecule has 9 heteroatoms. The molecule has 0 spiro atoms. The second kappa shape index (κ2) is 19.7. The molecular weight excluding hydrogens is 431 g/mol. The van der Waals surface area contributed by atoms with Crippen molar-refractivity contribution in [1.82, 2.24) is 0 Å². The predicted octanol–water partition coefficient (Wildman–Crippen LogP) is 1.76. The summed E-state index contributed by atoms with van der Waals surface area (Å²) in [4.78, 5) is 20.0. The average molecular weight is 467 g/mol. The summed E-state index contributed by atoms with van der Waals surface area (Å²) < 4.78 is 28.7. The van der Waals surface area contributed by atoms with Crippen LogP contribution in [0.3, 0.4) is 0 Å². The van der Waals surface area contributed by atoms with Crippen LogP contribution in [0.15, 0.2) is 24.3 Å². The van der Waals surface area contributed by atoms with Gasteiger partial charge in [-0.15, -0.1) is 0 Å². The van der Waals surface area contributed by atoms with E-state index in [1.165, 1.54) is 76.2 Å². The van der Waals surface area contributed by atoms with E-state index in [0.717, 1.165) is 0 Å². The molecule has 0 radical (unpaired) electrons. The van der Waals surface area contributed by atoms with E-state index in [2.05, 4.69) is 25.1 Å². The number of aliphatic carboxylic acids is 2. The predicted molar refractivity (Wildman–Crippen MR) is 116 cm³/mol. The van der Waals surface area contributed by atoms with Crippen LogP contribution in [0.1, 0.15) is 83.1 Å². The van der Waals surface area contributed by atoms with Gasteiger partial charge < -0.3 is 10.2 Å². The van der Waals surface area contributed by atoms with Gasteiger partial charge in [-0.25, -0.2) is 0 Å². The fourth-order valence-corrected chi connectivity index (χ4v) is 3.48. The molecule has 0 heterocycles. The number of hydrogen-bond acceptors (Lipinski definition) is 4. The van der Waals surface area contributed by atoms with Gasteiger partial charge in [-0.2, -0.15) is 44.3 Å². The van der Waals surface area contributed by atoms with Crippen molar-refractivity contribution in [2.75, 3.05) is 0 Å². The molecule has 0 aromatic heterocycles. The third-order valence-electron chi connectivity index (χ3n) is 4.57. The Hall–Kier alpha value is -0.930. The normalized spacial score (nSPS) is 11.5. The number of carbonyl (C=O) groups is 2. The molecule has 1 atom stereocenters. The molecule has 0 saturated heterocycles. The first-order valence-corrected chi connectivity index (χ1v) is 12.0. The first-order chi connectivity index (χ1) is 14.2. The van der Waals surface area contributed by atoms with Crippen LogP contribution in [0.4, 0.5) is 0 Å². The Morgan fingerprint density at radius 1 is 0.935 bits per heavy atom. The van der Waals surface area contributed by atoms with Gasteiger partial charge >= 0.3 is 41.5 Å². The van der Waals surface area contributed by atoms with E-state index in [0.29, 0.717) is 0 Å². The van der Waals surface area contributed by atoms with E-state index < -0.39 is 33.7 Å². The Kier molecular flexibility index (Phi) is 20.5. The molecule has 0 fully saturated rings. The van der Waals surface area contributed by atoms with Gasteiger partial charge in [0.05, 0.1) is 6.42 Å². The second-order valence-corrected chi connectivity index (χ2v) is 8.86. The molecule has 1 unspecified atom stereocenters. The number of rotatable bonds is 15. The summed E-state index contributed by atoms with van der Waals surface area (Å²) in [5.41, 5.74) is 1.37. The van der Waals surface area contributed by atoms with Crippen LogP contribution in [-0.2, 0) is 26.1 Å². The summed E-state index contributed by atoms with van der Waals surface area (Å²) >= 11 is 0. The third kappa shape index (κ3) is 19.5. The molecule has 3 N–H and O–H groups in total. The van der Waals surface area contributed by atoms with Gasteiger partial charge in [0.1, 0.15) is 0 Å². The van der Waals surface area contributed by atoms with E-state index >= 15 is 0 Å². The summed E-state index contributed by atoms with van der Waals surface area (Å²) in [7, 11) is -4.84. The van der Waals surface area contributed by atoms with Gasteiger partial charge in [0.25, 0.3) is 10.1 Å². The zero-order valence-corrected chi connectivity index (χ0v) is 21.6. The summed E-state index contributed by atoms with van der Waals surface area (Å²) in [6, 6.07) is 11.7. The van der Waals surface area contributed by atoms with Crippen molar-refractivity contribution in [2.24, 2.45) is 0 Å². The standard InChI is InChI=1S/C18H29.C4H6O7S.Na/c1-2-3-4-5-6-7-8-9-10-12-15-18-16-13-11-14-17-18;5-3(6)1-2(4(7)8)12(9,10)11;/h11,13-14,16H,2-10,12,15H2,1H3;2H,1H2,(H,5,6)(H,7,8)(H,9,10,11);/q-1;;+1. The Balaban J connectivity index is 0. The molecule has 172 valence electrons. The van der Waals surface area contributed by atoms with Gasteiger partial charge in [0.2, 0.25) is 0 Å². The fraction of sp³-hybridized carbons (Fsp3) is 0.636. The van der Waals surface area contributed by atoms with Gasteiger partial charge in [0, 0.05) is 0 Å². The molecule has 0 bridgehead atoms. The van der Waals surface area contributed by atoms with Crippen molar-refractivity contribution in [3.8, 4) is 0 Å². The summed E-state index contributed by atoms with van der Waals surface area (Å²) in [5, 5.41) is 13.9. The maximum atomic E-state index is 10.2. The Labute approximate surface area is 208 Å². The number of carboxylic acids is 2. The average Bonchev–Trinajstić information content (AvgIpc) is 2.68. The van der Waals surface area contributed by atoms with Crippen LogP contribution in [0.25, 0.3) is 0 Å². The second-order valence-electron chi connectivity index (χ2n) is 7.26. The van der Waals surface area contributed by atoms with Crippen LogP contribution in [0, 0.1) is 6.07 Å². The van der Waals surface area contributed by atoms with Crippen LogP contribution in [0.2, 0.25) is 0 Å². The number of unbranched alkanes of at least 4 members (excludes halogenated alkanes) is 9. The first-order valence-electron chi connectivity index (χ1n) is 10.5. The largest absolute Gasteiger partial charge is 1.00 e. The van der Waals surface area contributed by atoms with Crippen LogP contribution in [0.5, 0.6) is 0 Å². The number of carboxylic acid groups (broad SMARTS) is 2. The van der Waals surface area contributed by atoms with Crippen molar-refractivity contribution < 1.29 is 62.3 Å². The van der Waals surface area contributed by atoms with Crippen molar-refractivity contribution >= 4 is 22.1 Å². The van der Waals surface area contributed by atoms with E-state index in [4.69, 9.17) is 14.8 Å². The third-order valence-corrected chi connectivity index (χ3v) is 5.66. The van der Waals surface area contributed by atoms with Gasteiger partial charge in [-0.1, -0.05) is 77.6 Å². The van der Waals surface area contributed by atoms with Crippen LogP contribution < -0.4 is 29.6 Å². The Bertz CT molecular complexity index is 693. The first kappa shape index (κ1) is 32.3. The van der Waals surface area contributed by atoms with Crippen molar-refractivity contribution in [3.05, 3.63) is 35.9 Å². The Morgan fingerprint density at radius 2 is 1.45 bits per heavy atom. The molecule has 1 rings (SSSR count). The molecule has 7 nitrogen and oxygen atoms in total. The fourth-order valence-electron chi connectivity index (χ4n) is 2.87. The molecule has 1 aromatic rings. The van der Waals surface area contributed by atoms with Crippen molar-refractivity contribution in [2.45, 2.75) is 89.2 Å². The van der Waals surface area contributed by atoms with Crippen LogP contribution in [-0.4, -0.2) is 40.4 Å². The minimum absolute atomic E-state index is 0. The molecule has 0 saturated carbocycles. The maximum Gasteiger partial charge on any atom is 1.00 e. The molecule has 0 aliphatic carbocycles. The zero-order chi connectivity index (χ0) is 22.8. The minimum atomic E-state index is -4.84. The van der Waals surface area contributed by atoms with Crippen molar-refractivity contribution in [1.29, 1.82) is 0 Å². The van der Waals surface area contributed by atoms with Crippen molar-refractivity contribution in [3.63, 3.8) is 0 Å². The molecule has 1 aromatic carbocycles. The zero-order valence-electron chi connectivity index (χ0n) is 18.8. The van der Waals surface area contributed by atoms with Gasteiger partial charge in [-0.05, 0) is 0 Å².